The summed E-state index contributed by atoms with van der Waals surface area (Å²) >= 11 is 0. The van der Waals surface area contributed by atoms with Gasteiger partial charge in [0.1, 0.15) is 0 Å². The van der Waals surface area contributed by atoms with Gasteiger partial charge in [0.05, 0.1) is 11.0 Å². The van der Waals surface area contributed by atoms with E-state index in [2.05, 4.69) is 5.32 Å². The van der Waals surface area contributed by atoms with Crippen molar-refractivity contribution in [1.29, 1.82) is 0 Å². The monoisotopic (exact) mass is 396 g/mol. The lowest BCUT2D eigenvalue weighted by molar-refractivity contribution is -0.167. The molecule has 2 bridgehead atoms. The summed E-state index contributed by atoms with van der Waals surface area (Å²) in [6, 6.07) is 4.32. The highest BCUT2D eigenvalue weighted by Crippen LogP contribution is 2.60. The molecule has 2 aliphatic rings. The second-order valence-electron chi connectivity index (χ2n) is 8.32. The average Bonchev–Trinajstić information content (AvgIpc) is 2.78. The van der Waals surface area contributed by atoms with Gasteiger partial charge in [0, 0.05) is 24.6 Å². The van der Waals surface area contributed by atoms with Crippen molar-refractivity contribution in [2.24, 2.45) is 16.7 Å². The molecule has 8 heteroatoms. The summed E-state index contributed by atoms with van der Waals surface area (Å²) in [6.07, 6.45) is -3.41. The number of hydrogen-bond donors (Lipinski definition) is 1. The highest BCUT2D eigenvalue weighted by atomic mass is 19.4. The molecule has 152 valence electrons. The van der Waals surface area contributed by atoms with E-state index in [1.807, 2.05) is 20.8 Å². The Hall–Kier alpha value is -2.38. The minimum absolute atomic E-state index is 0.0179. The normalized spacial score (nSPS) is 26.5. The Kier molecular flexibility index (Phi) is 4.80. The third-order valence-electron chi connectivity index (χ3n) is 6.54. The zero-order valence-electron chi connectivity index (χ0n) is 16.0. The molecule has 3 amide bonds. The van der Waals surface area contributed by atoms with Crippen LogP contribution < -0.4 is 5.32 Å². The number of piperidine rings is 1. The van der Waals surface area contributed by atoms with Gasteiger partial charge in [-0.15, -0.1) is 0 Å². The molecular weight excluding hydrogens is 373 g/mol. The Morgan fingerprint density at radius 3 is 2.57 bits per heavy atom. The van der Waals surface area contributed by atoms with Crippen LogP contribution in [0.2, 0.25) is 0 Å². The molecule has 0 radical (unpaired) electrons. The lowest BCUT2D eigenvalue weighted by atomic mass is 9.62. The fourth-order valence-corrected chi connectivity index (χ4v) is 4.32. The van der Waals surface area contributed by atoms with Crippen molar-refractivity contribution in [2.75, 3.05) is 11.9 Å². The quantitative estimate of drug-likeness (QED) is 0.787. The number of hydrogen-bond acceptors (Lipinski definition) is 3. The number of benzene rings is 1. The molecule has 1 heterocycles. The Bertz CT molecular complexity index is 834. The summed E-state index contributed by atoms with van der Waals surface area (Å²) in [7, 11) is 0. The van der Waals surface area contributed by atoms with Crippen LogP contribution in [-0.2, 0) is 20.6 Å². The molecule has 5 nitrogen and oxygen atoms in total. The largest absolute Gasteiger partial charge is 0.416 e. The maximum Gasteiger partial charge on any atom is 0.416 e. The van der Waals surface area contributed by atoms with Crippen molar-refractivity contribution in [3.63, 3.8) is 0 Å². The summed E-state index contributed by atoms with van der Waals surface area (Å²) in [5, 5.41) is 2.40. The maximum absolute atomic E-state index is 12.9. The molecule has 1 N–H and O–H groups in total. The molecule has 3 rings (SSSR count). The van der Waals surface area contributed by atoms with Gasteiger partial charge in [0.2, 0.25) is 17.7 Å². The molecule has 1 aromatic rings. The van der Waals surface area contributed by atoms with Crippen LogP contribution in [0.5, 0.6) is 0 Å². The first-order valence-corrected chi connectivity index (χ1v) is 9.21. The van der Waals surface area contributed by atoms with Crippen molar-refractivity contribution in [1.82, 2.24) is 4.90 Å². The van der Waals surface area contributed by atoms with Crippen molar-refractivity contribution < 1.29 is 27.6 Å². The van der Waals surface area contributed by atoms with Crippen LogP contribution in [0.25, 0.3) is 0 Å². The Balaban J connectivity index is 1.66. The number of nitrogens with one attached hydrogen (secondary N) is 1. The maximum atomic E-state index is 12.9. The van der Waals surface area contributed by atoms with Crippen molar-refractivity contribution in [3.8, 4) is 0 Å². The number of nitrogens with zero attached hydrogens (tertiary/aromatic N) is 1. The lowest BCUT2D eigenvalue weighted by Gasteiger charge is -2.47. The minimum Gasteiger partial charge on any atom is -0.326 e. The number of rotatable bonds is 4. The zero-order chi connectivity index (χ0) is 20.9. The number of alkyl halides is 3. The summed E-state index contributed by atoms with van der Waals surface area (Å²) in [5.41, 5.74) is -1.93. The fraction of sp³-hybridized carbons (Fsp3) is 0.550. The van der Waals surface area contributed by atoms with E-state index in [1.165, 1.54) is 12.1 Å². The number of fused-ring (bicyclic) bond motifs is 2. The molecule has 0 aromatic heterocycles. The van der Waals surface area contributed by atoms with Crippen LogP contribution in [0.3, 0.4) is 0 Å². The van der Waals surface area contributed by atoms with Gasteiger partial charge in [0.25, 0.3) is 0 Å². The van der Waals surface area contributed by atoms with Gasteiger partial charge in [-0.2, -0.15) is 13.2 Å². The van der Waals surface area contributed by atoms with E-state index >= 15 is 0 Å². The van der Waals surface area contributed by atoms with Crippen LogP contribution in [0.15, 0.2) is 24.3 Å². The second-order valence-corrected chi connectivity index (χ2v) is 8.32. The molecule has 2 fully saturated rings. The van der Waals surface area contributed by atoms with Crippen LogP contribution in [0.4, 0.5) is 18.9 Å². The van der Waals surface area contributed by atoms with Gasteiger partial charge >= 0.3 is 6.18 Å². The predicted molar refractivity (Wildman–Crippen MR) is 96.0 cm³/mol. The van der Waals surface area contributed by atoms with E-state index in [9.17, 15) is 27.6 Å². The SMILES string of the molecule is CC12CCC(C(=O)N(CCC(=O)Nc3cccc(C(F)(F)F)c3)C1=O)C2(C)C. The third-order valence-corrected chi connectivity index (χ3v) is 6.54. The van der Waals surface area contributed by atoms with Gasteiger partial charge < -0.3 is 5.32 Å². The molecule has 2 atom stereocenters. The highest BCUT2D eigenvalue weighted by Gasteiger charge is 2.64. The fourth-order valence-electron chi connectivity index (χ4n) is 4.32. The van der Waals surface area contributed by atoms with E-state index in [0.717, 1.165) is 17.0 Å². The molecule has 1 saturated carbocycles. The summed E-state index contributed by atoms with van der Waals surface area (Å²) in [4.78, 5) is 39.0. The third kappa shape index (κ3) is 3.18. The van der Waals surface area contributed by atoms with Crippen molar-refractivity contribution in [3.05, 3.63) is 29.8 Å². The average molecular weight is 396 g/mol. The van der Waals surface area contributed by atoms with E-state index in [-0.39, 0.29) is 36.4 Å². The smallest absolute Gasteiger partial charge is 0.326 e. The summed E-state index contributed by atoms with van der Waals surface area (Å²) < 4.78 is 38.3. The Morgan fingerprint density at radius 2 is 1.93 bits per heavy atom. The summed E-state index contributed by atoms with van der Waals surface area (Å²) in [6.45, 7) is 5.64. The number of amides is 3. The lowest BCUT2D eigenvalue weighted by Crippen LogP contribution is -2.59. The predicted octanol–water partition coefficient (Wildman–Crippen LogP) is 3.85. The number of carbonyl (C=O) groups is 3. The van der Waals surface area contributed by atoms with Gasteiger partial charge in [-0.05, 0) is 36.5 Å². The number of imide groups is 1. The molecule has 1 saturated heterocycles. The molecule has 2 unspecified atom stereocenters. The minimum atomic E-state index is -4.51. The van der Waals surface area contributed by atoms with E-state index in [0.29, 0.717) is 12.8 Å². The molecule has 1 aromatic carbocycles. The second kappa shape index (κ2) is 6.60. The molecule has 28 heavy (non-hydrogen) atoms. The van der Waals surface area contributed by atoms with Gasteiger partial charge in [0.15, 0.2) is 0 Å². The molecule has 1 aliphatic carbocycles. The van der Waals surface area contributed by atoms with Gasteiger partial charge in [-0.1, -0.05) is 26.8 Å². The molecular formula is C20H23F3N2O3. The zero-order valence-corrected chi connectivity index (χ0v) is 16.0. The van der Waals surface area contributed by atoms with E-state index < -0.39 is 28.5 Å². The Morgan fingerprint density at radius 1 is 1.25 bits per heavy atom. The molecule has 1 aliphatic heterocycles. The first-order valence-electron chi connectivity index (χ1n) is 9.21. The number of likely N-dealkylation sites (tertiary alicyclic amines) is 1. The van der Waals surface area contributed by atoms with Crippen LogP contribution in [0, 0.1) is 16.7 Å². The van der Waals surface area contributed by atoms with Crippen molar-refractivity contribution in [2.45, 2.75) is 46.2 Å². The van der Waals surface area contributed by atoms with Crippen molar-refractivity contribution >= 4 is 23.4 Å². The van der Waals surface area contributed by atoms with E-state index in [1.54, 1.807) is 0 Å². The summed E-state index contributed by atoms with van der Waals surface area (Å²) in [5.74, 6) is -1.36. The standard InChI is InChI=1S/C20H23F3N2O3/c1-18(2)14-7-9-19(18,3)17(28)25(16(14)27)10-8-15(26)24-13-6-4-5-12(11-13)20(21,22)23/h4-6,11,14H,7-10H2,1-3H3,(H,24,26). The topological polar surface area (TPSA) is 66.5 Å². The Labute approximate surface area is 161 Å². The number of carbonyl (C=O) groups excluding carboxylic acids is 3. The first kappa shape index (κ1) is 20.4. The number of halogens is 3. The van der Waals surface area contributed by atoms with Crippen LogP contribution >= 0.6 is 0 Å². The van der Waals surface area contributed by atoms with E-state index in [4.69, 9.17) is 0 Å². The first-order chi connectivity index (χ1) is 12.9. The van der Waals surface area contributed by atoms with Gasteiger partial charge in [-0.3, -0.25) is 19.3 Å². The van der Waals surface area contributed by atoms with Gasteiger partial charge in [-0.25, -0.2) is 0 Å². The highest BCUT2D eigenvalue weighted by molar-refractivity contribution is 6.04. The number of anilines is 1. The van der Waals surface area contributed by atoms with Crippen LogP contribution in [0.1, 0.15) is 45.6 Å². The van der Waals surface area contributed by atoms with Crippen LogP contribution in [-0.4, -0.2) is 29.2 Å². The molecule has 0 spiro atoms.